The highest BCUT2D eigenvalue weighted by Gasteiger charge is 2.01. The Labute approximate surface area is 413 Å². The molecule has 65 heavy (non-hydrogen) atoms. The van der Waals surface area contributed by atoms with E-state index in [1.165, 1.54) is 380 Å². The van der Waals surface area contributed by atoms with Crippen molar-refractivity contribution in [2.75, 3.05) is 7.11 Å². The third-order valence-electron chi connectivity index (χ3n) is 15.2. The molecule has 0 bridgehead atoms. The van der Waals surface area contributed by atoms with Crippen molar-refractivity contribution in [2.24, 2.45) is 0 Å². The zero-order valence-corrected chi connectivity index (χ0v) is 45.7. The van der Waals surface area contributed by atoms with E-state index < -0.39 is 0 Å². The number of carbonyl (C=O) groups excluding carboxylic acids is 1. The van der Waals surface area contributed by atoms with Crippen LogP contribution in [0.15, 0.2) is 0 Å². The van der Waals surface area contributed by atoms with E-state index in [9.17, 15) is 4.79 Å². The molecule has 0 fully saturated rings. The molecule has 0 aliphatic rings. The standard InChI is InChI=1S/C63H126O2/c1-3-4-5-6-7-8-9-10-11-12-13-14-15-16-17-18-19-20-21-22-23-24-25-26-27-28-29-30-31-32-33-34-35-36-37-38-39-40-41-42-43-44-45-46-47-48-49-50-51-52-53-54-55-56-57-58-59-60-61-62-63(64)65-2/h3-62H2,1-2H3. The summed E-state index contributed by atoms with van der Waals surface area (Å²) >= 11 is 0. The van der Waals surface area contributed by atoms with E-state index in [4.69, 9.17) is 4.74 Å². The molecule has 0 rings (SSSR count). The van der Waals surface area contributed by atoms with Gasteiger partial charge in [0.05, 0.1) is 7.11 Å². The van der Waals surface area contributed by atoms with Gasteiger partial charge in [-0.2, -0.15) is 0 Å². The van der Waals surface area contributed by atoms with Crippen LogP contribution in [0.5, 0.6) is 0 Å². The molecule has 2 heteroatoms. The third-order valence-corrected chi connectivity index (χ3v) is 15.2. The van der Waals surface area contributed by atoms with Crippen molar-refractivity contribution in [3.63, 3.8) is 0 Å². The van der Waals surface area contributed by atoms with E-state index in [0.717, 1.165) is 6.42 Å². The second-order valence-corrected chi connectivity index (χ2v) is 21.8. The lowest BCUT2D eigenvalue weighted by Crippen LogP contribution is -1.99. The lowest BCUT2D eigenvalue weighted by molar-refractivity contribution is -0.140. The predicted molar refractivity (Wildman–Crippen MR) is 295 cm³/mol. The highest BCUT2D eigenvalue weighted by atomic mass is 16.5. The third kappa shape index (κ3) is 61.5. The fourth-order valence-electron chi connectivity index (χ4n) is 10.5. The fraction of sp³-hybridized carbons (Fsp3) is 0.984. The molecular weight excluding hydrogens is 789 g/mol. The molecule has 0 aromatic carbocycles. The maximum atomic E-state index is 11.1. The quantitative estimate of drug-likeness (QED) is 0.0449. The number of esters is 1. The summed E-state index contributed by atoms with van der Waals surface area (Å²) in [7, 11) is 1.48. The van der Waals surface area contributed by atoms with E-state index in [1.54, 1.807) is 0 Å². The summed E-state index contributed by atoms with van der Waals surface area (Å²) in [5.41, 5.74) is 0. The average molecular weight is 916 g/mol. The normalized spacial score (nSPS) is 11.6. The molecule has 0 saturated carbocycles. The minimum Gasteiger partial charge on any atom is -0.469 e. The van der Waals surface area contributed by atoms with Gasteiger partial charge in [-0.05, 0) is 6.42 Å². The van der Waals surface area contributed by atoms with E-state index in [1.807, 2.05) is 0 Å². The molecule has 0 saturated heterocycles. The SMILES string of the molecule is CCCCCCCCCCCCCCCCCCCCCCCCCCCCCCCCCCCCCCCCCCCCCCCCCCCCCCCCCCCCCC(=O)OC. The van der Waals surface area contributed by atoms with Crippen LogP contribution in [0.1, 0.15) is 392 Å². The van der Waals surface area contributed by atoms with Crippen LogP contribution in [-0.4, -0.2) is 13.1 Å². The van der Waals surface area contributed by atoms with Gasteiger partial charge in [-0.15, -0.1) is 0 Å². The first-order valence-electron chi connectivity index (χ1n) is 31.4. The van der Waals surface area contributed by atoms with Gasteiger partial charge in [-0.3, -0.25) is 4.79 Å². The van der Waals surface area contributed by atoms with Gasteiger partial charge in [0.15, 0.2) is 0 Å². The number of rotatable bonds is 60. The zero-order valence-electron chi connectivity index (χ0n) is 45.7. The minimum absolute atomic E-state index is 0.0573. The van der Waals surface area contributed by atoms with E-state index >= 15 is 0 Å². The van der Waals surface area contributed by atoms with Crippen molar-refractivity contribution in [1.29, 1.82) is 0 Å². The lowest BCUT2D eigenvalue weighted by atomic mass is 10.0. The maximum absolute atomic E-state index is 11.1. The summed E-state index contributed by atoms with van der Waals surface area (Å²) in [5.74, 6) is -0.0573. The van der Waals surface area contributed by atoms with Crippen LogP contribution in [0.4, 0.5) is 0 Å². The first-order valence-corrected chi connectivity index (χ1v) is 31.4. The second kappa shape index (κ2) is 61.5. The average Bonchev–Trinajstić information content (AvgIpc) is 3.32. The molecule has 0 aromatic rings. The second-order valence-electron chi connectivity index (χ2n) is 21.8. The van der Waals surface area contributed by atoms with Crippen LogP contribution >= 0.6 is 0 Å². The molecule has 390 valence electrons. The summed E-state index contributed by atoms with van der Waals surface area (Å²) in [6, 6.07) is 0. The highest BCUT2D eigenvalue weighted by molar-refractivity contribution is 5.68. The van der Waals surface area contributed by atoms with Gasteiger partial charge in [0.25, 0.3) is 0 Å². The number of unbranched alkanes of at least 4 members (excludes halogenated alkanes) is 58. The smallest absolute Gasteiger partial charge is 0.305 e. The van der Waals surface area contributed by atoms with Gasteiger partial charge in [0.2, 0.25) is 0 Å². The molecule has 0 amide bonds. The monoisotopic (exact) mass is 915 g/mol. The van der Waals surface area contributed by atoms with Crippen LogP contribution in [0, 0.1) is 0 Å². The molecule has 0 unspecified atom stereocenters. The van der Waals surface area contributed by atoms with Crippen molar-refractivity contribution < 1.29 is 9.53 Å². The Hall–Kier alpha value is -0.530. The Kier molecular flexibility index (Phi) is 61.0. The molecule has 2 nitrogen and oxygen atoms in total. The zero-order chi connectivity index (χ0) is 46.7. The van der Waals surface area contributed by atoms with Crippen LogP contribution < -0.4 is 0 Å². The first kappa shape index (κ1) is 64.5. The van der Waals surface area contributed by atoms with Crippen LogP contribution in [0.25, 0.3) is 0 Å². The highest BCUT2D eigenvalue weighted by Crippen LogP contribution is 2.20. The Morgan fingerprint density at radius 2 is 0.308 bits per heavy atom. The van der Waals surface area contributed by atoms with Crippen molar-refractivity contribution in [3.05, 3.63) is 0 Å². The van der Waals surface area contributed by atoms with Gasteiger partial charge in [0.1, 0.15) is 0 Å². The summed E-state index contributed by atoms with van der Waals surface area (Å²) in [6.45, 7) is 2.31. The van der Waals surface area contributed by atoms with Crippen LogP contribution in [0.2, 0.25) is 0 Å². The number of methoxy groups -OCH3 is 1. The summed E-state index contributed by atoms with van der Waals surface area (Å²) in [6.07, 6.45) is 86.6. The largest absolute Gasteiger partial charge is 0.469 e. The molecule has 0 radical (unpaired) electrons. The Bertz CT molecular complexity index is 822. The summed E-state index contributed by atoms with van der Waals surface area (Å²) < 4.78 is 4.70. The van der Waals surface area contributed by atoms with Gasteiger partial charge >= 0.3 is 5.97 Å². The Balaban J connectivity index is 3.07. The van der Waals surface area contributed by atoms with Crippen molar-refractivity contribution in [3.8, 4) is 0 Å². The molecular formula is C63H126O2. The van der Waals surface area contributed by atoms with Crippen LogP contribution in [-0.2, 0) is 9.53 Å². The predicted octanol–water partition coefficient (Wildman–Crippen LogP) is 23.6. The number of hydrogen-bond acceptors (Lipinski definition) is 2. The Morgan fingerprint density at radius 1 is 0.200 bits per heavy atom. The Morgan fingerprint density at radius 3 is 0.415 bits per heavy atom. The lowest BCUT2D eigenvalue weighted by Gasteiger charge is -2.05. The summed E-state index contributed by atoms with van der Waals surface area (Å²) in [5, 5.41) is 0. The van der Waals surface area contributed by atoms with Crippen molar-refractivity contribution in [2.45, 2.75) is 392 Å². The van der Waals surface area contributed by atoms with Gasteiger partial charge < -0.3 is 4.74 Å². The number of carbonyl (C=O) groups is 1. The van der Waals surface area contributed by atoms with Gasteiger partial charge in [-0.1, -0.05) is 379 Å². The van der Waals surface area contributed by atoms with Crippen LogP contribution in [0.3, 0.4) is 0 Å². The first-order chi connectivity index (χ1) is 32.3. The molecule has 0 aliphatic carbocycles. The maximum Gasteiger partial charge on any atom is 0.305 e. The van der Waals surface area contributed by atoms with Crippen molar-refractivity contribution >= 4 is 5.97 Å². The van der Waals surface area contributed by atoms with Crippen molar-refractivity contribution in [1.82, 2.24) is 0 Å². The molecule has 0 heterocycles. The molecule has 0 aliphatic heterocycles. The molecule has 0 N–H and O–H groups in total. The van der Waals surface area contributed by atoms with E-state index in [0.29, 0.717) is 6.42 Å². The molecule has 0 aromatic heterocycles. The molecule has 0 atom stereocenters. The van der Waals surface area contributed by atoms with E-state index in [-0.39, 0.29) is 5.97 Å². The number of hydrogen-bond donors (Lipinski definition) is 0. The molecule has 0 spiro atoms. The van der Waals surface area contributed by atoms with Gasteiger partial charge in [0, 0.05) is 6.42 Å². The van der Waals surface area contributed by atoms with E-state index in [2.05, 4.69) is 6.92 Å². The topological polar surface area (TPSA) is 26.3 Å². The minimum atomic E-state index is -0.0573. The number of ether oxygens (including phenoxy) is 1. The summed E-state index contributed by atoms with van der Waals surface area (Å²) in [4.78, 5) is 11.1. The fourth-order valence-corrected chi connectivity index (χ4v) is 10.5. The van der Waals surface area contributed by atoms with Gasteiger partial charge in [-0.25, -0.2) is 0 Å².